The lowest BCUT2D eigenvalue weighted by Gasteiger charge is -2.04. The van der Waals surface area contributed by atoms with Gasteiger partial charge in [0.1, 0.15) is 0 Å². The number of carboxylic acids is 1. The van der Waals surface area contributed by atoms with Crippen molar-refractivity contribution in [2.75, 3.05) is 12.4 Å². The highest BCUT2D eigenvalue weighted by Crippen LogP contribution is 2.11. The van der Waals surface area contributed by atoms with E-state index in [1.165, 1.54) is 13.3 Å². The summed E-state index contributed by atoms with van der Waals surface area (Å²) in [5.41, 5.74) is 0.510. The maximum Gasteiger partial charge on any atom is 0.303 e. The molecule has 0 spiro atoms. The van der Waals surface area contributed by atoms with Crippen molar-refractivity contribution in [3.63, 3.8) is 0 Å². The van der Waals surface area contributed by atoms with Crippen molar-refractivity contribution in [2.45, 2.75) is 12.8 Å². The third kappa shape index (κ3) is 3.95. The Hall–Kier alpha value is -2.11. The highest BCUT2D eigenvalue weighted by molar-refractivity contribution is 5.92. The van der Waals surface area contributed by atoms with Crippen molar-refractivity contribution in [1.29, 1.82) is 0 Å². The number of carboxylic acid groups (broad SMARTS) is 1. The number of carbonyl (C=O) groups is 2. The summed E-state index contributed by atoms with van der Waals surface area (Å²) in [5, 5.41) is 10.9. The molecule has 0 bridgehead atoms. The third-order valence-corrected chi connectivity index (χ3v) is 1.80. The van der Waals surface area contributed by atoms with Gasteiger partial charge in [0.15, 0.2) is 0 Å². The van der Waals surface area contributed by atoms with Crippen LogP contribution in [0, 0.1) is 0 Å². The second-order valence-electron chi connectivity index (χ2n) is 3.03. The third-order valence-electron chi connectivity index (χ3n) is 1.80. The molecule has 1 rings (SSSR count). The molecule has 86 valence electrons. The van der Waals surface area contributed by atoms with Gasteiger partial charge in [-0.3, -0.25) is 9.59 Å². The van der Waals surface area contributed by atoms with Crippen LogP contribution in [-0.2, 0) is 9.59 Å². The number of rotatable bonds is 5. The molecule has 0 aliphatic carbocycles. The zero-order chi connectivity index (χ0) is 12.0. The summed E-state index contributed by atoms with van der Waals surface area (Å²) in [6, 6.07) is 3.23. The zero-order valence-corrected chi connectivity index (χ0v) is 8.77. The van der Waals surface area contributed by atoms with Crippen molar-refractivity contribution in [3.05, 3.63) is 18.3 Å². The average molecular weight is 224 g/mol. The van der Waals surface area contributed by atoms with E-state index in [1.807, 2.05) is 0 Å². The number of anilines is 1. The number of hydrogen-bond donors (Lipinski definition) is 2. The summed E-state index contributed by atoms with van der Waals surface area (Å²) >= 11 is 0. The number of hydrogen-bond acceptors (Lipinski definition) is 4. The van der Waals surface area contributed by atoms with Gasteiger partial charge in [-0.1, -0.05) is 0 Å². The number of carbonyl (C=O) groups excluding carboxylic acids is 1. The van der Waals surface area contributed by atoms with E-state index in [4.69, 9.17) is 9.84 Å². The molecule has 0 saturated carbocycles. The predicted octanol–water partition coefficient (Wildman–Crippen LogP) is 0.893. The number of aliphatic carboxylic acids is 1. The normalized spacial score (nSPS) is 9.56. The van der Waals surface area contributed by atoms with E-state index in [0.717, 1.165) is 0 Å². The van der Waals surface area contributed by atoms with Crippen LogP contribution >= 0.6 is 0 Å². The Bertz CT molecular complexity index is 375. The first-order valence-corrected chi connectivity index (χ1v) is 4.63. The predicted molar refractivity (Wildman–Crippen MR) is 56.3 cm³/mol. The van der Waals surface area contributed by atoms with Gasteiger partial charge in [-0.15, -0.1) is 0 Å². The Morgan fingerprint density at radius 1 is 1.44 bits per heavy atom. The fourth-order valence-electron chi connectivity index (χ4n) is 1.02. The summed E-state index contributed by atoms with van der Waals surface area (Å²) in [4.78, 5) is 25.4. The molecule has 0 fully saturated rings. The van der Waals surface area contributed by atoms with Gasteiger partial charge in [0.25, 0.3) is 0 Å². The minimum atomic E-state index is -0.997. The molecule has 0 atom stereocenters. The van der Waals surface area contributed by atoms with E-state index in [2.05, 4.69) is 10.3 Å². The van der Waals surface area contributed by atoms with Gasteiger partial charge in [-0.2, -0.15) is 0 Å². The van der Waals surface area contributed by atoms with E-state index in [-0.39, 0.29) is 18.7 Å². The lowest BCUT2D eigenvalue weighted by molar-refractivity contribution is -0.138. The average Bonchev–Trinajstić information content (AvgIpc) is 2.27. The molecule has 1 heterocycles. The van der Waals surface area contributed by atoms with Crippen LogP contribution in [0.5, 0.6) is 5.88 Å². The summed E-state index contributed by atoms with van der Waals surface area (Å²) < 4.78 is 4.85. The SMILES string of the molecule is COc1ccc(NC(=O)CCC(=O)O)cn1. The molecule has 1 aromatic rings. The van der Waals surface area contributed by atoms with Crippen LogP contribution in [-0.4, -0.2) is 29.1 Å². The standard InChI is InChI=1S/C10H12N2O4/c1-16-9-4-2-7(6-11-9)12-8(13)3-5-10(14)15/h2,4,6H,3,5H2,1H3,(H,12,13)(H,14,15). The van der Waals surface area contributed by atoms with Crippen LogP contribution in [0.25, 0.3) is 0 Å². The molecule has 0 saturated heterocycles. The number of ether oxygens (including phenoxy) is 1. The molecule has 6 heteroatoms. The Morgan fingerprint density at radius 3 is 2.69 bits per heavy atom. The van der Waals surface area contributed by atoms with Crippen molar-refractivity contribution in [3.8, 4) is 5.88 Å². The maximum atomic E-state index is 11.2. The fourth-order valence-corrected chi connectivity index (χ4v) is 1.02. The van der Waals surface area contributed by atoms with Crippen LogP contribution < -0.4 is 10.1 Å². The fraction of sp³-hybridized carbons (Fsp3) is 0.300. The van der Waals surface area contributed by atoms with Crippen molar-refractivity contribution < 1.29 is 19.4 Å². The van der Waals surface area contributed by atoms with Crippen LogP contribution in [0.3, 0.4) is 0 Å². The van der Waals surface area contributed by atoms with Crippen molar-refractivity contribution in [1.82, 2.24) is 4.98 Å². The number of pyridine rings is 1. The second kappa shape index (κ2) is 5.69. The van der Waals surface area contributed by atoms with Gasteiger partial charge in [-0.25, -0.2) is 4.98 Å². The summed E-state index contributed by atoms with van der Waals surface area (Å²) in [5.74, 6) is -0.902. The first kappa shape index (κ1) is 12.0. The molecular formula is C10H12N2O4. The summed E-state index contributed by atoms with van der Waals surface area (Å²) in [6.45, 7) is 0. The van der Waals surface area contributed by atoms with Gasteiger partial charge >= 0.3 is 5.97 Å². The lowest BCUT2D eigenvalue weighted by Crippen LogP contribution is -2.13. The molecule has 1 aromatic heterocycles. The zero-order valence-electron chi connectivity index (χ0n) is 8.77. The molecule has 0 aliphatic heterocycles. The number of amides is 1. The highest BCUT2D eigenvalue weighted by atomic mass is 16.5. The molecule has 16 heavy (non-hydrogen) atoms. The topological polar surface area (TPSA) is 88.5 Å². The minimum Gasteiger partial charge on any atom is -0.481 e. The van der Waals surface area contributed by atoms with Crippen LogP contribution in [0.1, 0.15) is 12.8 Å². The van der Waals surface area contributed by atoms with Gasteiger partial charge in [-0.05, 0) is 6.07 Å². The van der Waals surface area contributed by atoms with Crippen molar-refractivity contribution in [2.24, 2.45) is 0 Å². The quantitative estimate of drug-likeness (QED) is 0.775. The van der Waals surface area contributed by atoms with E-state index in [0.29, 0.717) is 11.6 Å². The lowest BCUT2D eigenvalue weighted by atomic mass is 10.3. The number of aromatic nitrogens is 1. The van der Waals surface area contributed by atoms with E-state index < -0.39 is 5.97 Å². The van der Waals surface area contributed by atoms with Crippen LogP contribution in [0.15, 0.2) is 18.3 Å². The van der Waals surface area contributed by atoms with Gasteiger partial charge in [0, 0.05) is 12.5 Å². The Morgan fingerprint density at radius 2 is 2.19 bits per heavy atom. The Balaban J connectivity index is 2.46. The van der Waals surface area contributed by atoms with Gasteiger partial charge < -0.3 is 15.2 Å². The number of methoxy groups -OCH3 is 1. The number of nitrogens with one attached hydrogen (secondary N) is 1. The molecule has 1 amide bonds. The summed E-state index contributed by atoms with van der Waals surface area (Å²) in [6.07, 6.45) is 1.20. The monoisotopic (exact) mass is 224 g/mol. The molecule has 6 nitrogen and oxygen atoms in total. The highest BCUT2D eigenvalue weighted by Gasteiger charge is 2.05. The van der Waals surface area contributed by atoms with E-state index in [1.54, 1.807) is 12.1 Å². The largest absolute Gasteiger partial charge is 0.481 e. The molecule has 2 N–H and O–H groups in total. The van der Waals surface area contributed by atoms with Gasteiger partial charge in [0.05, 0.1) is 25.4 Å². The number of nitrogens with zero attached hydrogens (tertiary/aromatic N) is 1. The molecule has 0 aromatic carbocycles. The van der Waals surface area contributed by atoms with Crippen LogP contribution in [0.2, 0.25) is 0 Å². The van der Waals surface area contributed by atoms with E-state index in [9.17, 15) is 9.59 Å². The second-order valence-corrected chi connectivity index (χ2v) is 3.03. The Kier molecular flexibility index (Phi) is 4.26. The smallest absolute Gasteiger partial charge is 0.303 e. The molecular weight excluding hydrogens is 212 g/mol. The molecule has 0 aliphatic rings. The Labute approximate surface area is 92.3 Å². The molecule has 0 unspecified atom stereocenters. The van der Waals surface area contributed by atoms with Crippen LogP contribution in [0.4, 0.5) is 5.69 Å². The van der Waals surface area contributed by atoms with E-state index >= 15 is 0 Å². The summed E-state index contributed by atoms with van der Waals surface area (Å²) in [7, 11) is 1.49. The minimum absolute atomic E-state index is 0.0542. The van der Waals surface area contributed by atoms with Gasteiger partial charge in [0.2, 0.25) is 11.8 Å². The first-order valence-electron chi connectivity index (χ1n) is 4.63. The molecule has 0 radical (unpaired) electrons. The maximum absolute atomic E-state index is 11.2. The first-order chi connectivity index (χ1) is 7.61. The van der Waals surface area contributed by atoms with Crippen molar-refractivity contribution >= 4 is 17.6 Å².